The largest absolute Gasteiger partial charge is 0.375 e. The average molecular weight is 295 g/mol. The lowest BCUT2D eigenvalue weighted by Crippen LogP contribution is -2.48. The predicted molar refractivity (Wildman–Crippen MR) is 77.1 cm³/mol. The van der Waals surface area contributed by atoms with Crippen LogP contribution < -0.4 is 4.90 Å². The maximum absolute atomic E-state index is 6.16. The van der Waals surface area contributed by atoms with Crippen LogP contribution >= 0.6 is 11.3 Å². The van der Waals surface area contributed by atoms with E-state index in [1.807, 2.05) is 0 Å². The summed E-state index contributed by atoms with van der Waals surface area (Å²) < 4.78 is 12.2. The van der Waals surface area contributed by atoms with Crippen molar-refractivity contribution in [3.63, 3.8) is 0 Å². The molecule has 1 spiro atoms. The third-order valence-electron chi connectivity index (χ3n) is 4.60. The fraction of sp³-hybridized carbons (Fsp3) is 0.857. The monoisotopic (exact) mass is 295 g/mol. The van der Waals surface area contributed by atoms with Crippen molar-refractivity contribution in [2.75, 3.05) is 31.2 Å². The fourth-order valence-corrected chi connectivity index (χ4v) is 3.90. The molecule has 20 heavy (non-hydrogen) atoms. The van der Waals surface area contributed by atoms with Crippen LogP contribution in [-0.4, -0.2) is 48.2 Å². The Hall–Kier alpha value is -0.720. The van der Waals surface area contributed by atoms with Gasteiger partial charge in [-0.3, -0.25) is 0 Å². The van der Waals surface area contributed by atoms with Gasteiger partial charge in [-0.15, -0.1) is 10.2 Å². The summed E-state index contributed by atoms with van der Waals surface area (Å²) in [6, 6.07) is 0. The molecular weight excluding hydrogens is 274 g/mol. The molecule has 5 nitrogen and oxygen atoms in total. The minimum Gasteiger partial charge on any atom is -0.375 e. The first-order valence-corrected chi connectivity index (χ1v) is 8.48. The first-order chi connectivity index (χ1) is 9.83. The highest BCUT2D eigenvalue weighted by molar-refractivity contribution is 7.13. The van der Waals surface area contributed by atoms with Crippen LogP contribution in [0.2, 0.25) is 0 Å². The normalized spacial score (nSPS) is 34.0. The van der Waals surface area contributed by atoms with Gasteiger partial charge in [-0.2, -0.15) is 0 Å². The molecule has 2 saturated heterocycles. The highest BCUT2D eigenvalue weighted by Gasteiger charge is 2.44. The first-order valence-electron chi connectivity index (χ1n) is 7.60. The van der Waals surface area contributed by atoms with Crippen LogP contribution in [0.1, 0.15) is 32.1 Å². The second kappa shape index (κ2) is 5.24. The number of aromatic nitrogens is 2. The van der Waals surface area contributed by atoms with E-state index in [-0.39, 0.29) is 5.60 Å². The molecule has 4 rings (SSSR count). The van der Waals surface area contributed by atoms with Crippen LogP contribution in [0.25, 0.3) is 0 Å². The number of ether oxygens (including phenoxy) is 2. The van der Waals surface area contributed by atoms with Crippen molar-refractivity contribution in [3.05, 3.63) is 5.51 Å². The molecule has 1 aromatic rings. The Morgan fingerprint density at radius 1 is 1.50 bits per heavy atom. The Balaban J connectivity index is 1.37. The minimum atomic E-state index is -0.0157. The van der Waals surface area contributed by atoms with Crippen LogP contribution in [0.4, 0.5) is 5.13 Å². The van der Waals surface area contributed by atoms with E-state index in [9.17, 15) is 0 Å². The molecule has 1 saturated carbocycles. The van der Waals surface area contributed by atoms with E-state index in [0.717, 1.165) is 56.6 Å². The van der Waals surface area contributed by atoms with Gasteiger partial charge in [0.1, 0.15) is 5.51 Å². The molecule has 0 amide bonds. The molecule has 2 atom stereocenters. The van der Waals surface area contributed by atoms with Crippen molar-refractivity contribution >= 4 is 16.5 Å². The molecule has 1 aromatic heterocycles. The lowest BCUT2D eigenvalue weighted by molar-refractivity contribution is -0.0129. The zero-order valence-electron chi connectivity index (χ0n) is 11.7. The van der Waals surface area contributed by atoms with E-state index >= 15 is 0 Å². The van der Waals surface area contributed by atoms with E-state index in [2.05, 4.69) is 15.1 Å². The van der Waals surface area contributed by atoms with Gasteiger partial charge in [0.2, 0.25) is 5.13 Å². The maximum Gasteiger partial charge on any atom is 0.208 e. The van der Waals surface area contributed by atoms with Crippen LogP contribution in [0.5, 0.6) is 0 Å². The van der Waals surface area contributed by atoms with Crippen molar-refractivity contribution < 1.29 is 9.47 Å². The van der Waals surface area contributed by atoms with Gasteiger partial charge in [-0.25, -0.2) is 0 Å². The molecule has 2 aliphatic heterocycles. The van der Waals surface area contributed by atoms with E-state index in [1.165, 1.54) is 12.8 Å². The van der Waals surface area contributed by atoms with Gasteiger partial charge in [0.15, 0.2) is 0 Å². The average Bonchev–Trinajstić information content (AvgIpc) is 2.99. The van der Waals surface area contributed by atoms with Crippen LogP contribution in [-0.2, 0) is 9.47 Å². The summed E-state index contributed by atoms with van der Waals surface area (Å²) >= 11 is 1.61. The summed E-state index contributed by atoms with van der Waals surface area (Å²) in [7, 11) is 0. The third-order valence-corrected chi connectivity index (χ3v) is 5.35. The van der Waals surface area contributed by atoms with Crippen molar-refractivity contribution in [1.82, 2.24) is 10.2 Å². The summed E-state index contributed by atoms with van der Waals surface area (Å²) in [5.74, 6) is 0.829. The predicted octanol–water partition coefficient (Wildman–Crippen LogP) is 2.09. The minimum absolute atomic E-state index is 0.0157. The number of nitrogens with zero attached hydrogens (tertiary/aromatic N) is 3. The smallest absolute Gasteiger partial charge is 0.208 e. The molecule has 0 bridgehead atoms. The van der Waals surface area contributed by atoms with Gasteiger partial charge in [0, 0.05) is 26.1 Å². The summed E-state index contributed by atoms with van der Waals surface area (Å²) in [6.07, 6.45) is 6.34. The molecule has 0 aromatic carbocycles. The summed E-state index contributed by atoms with van der Waals surface area (Å²) in [5, 5.41) is 9.16. The second-order valence-corrected chi connectivity index (χ2v) is 7.15. The van der Waals surface area contributed by atoms with Gasteiger partial charge < -0.3 is 14.4 Å². The molecule has 6 heteroatoms. The zero-order chi connectivity index (χ0) is 13.4. The van der Waals surface area contributed by atoms with E-state index in [0.29, 0.717) is 6.10 Å². The Morgan fingerprint density at radius 2 is 2.45 bits per heavy atom. The van der Waals surface area contributed by atoms with Crippen LogP contribution in [0, 0.1) is 5.92 Å². The highest BCUT2D eigenvalue weighted by atomic mass is 32.1. The van der Waals surface area contributed by atoms with Gasteiger partial charge in [0.05, 0.1) is 18.3 Å². The molecule has 0 radical (unpaired) electrons. The Kier molecular flexibility index (Phi) is 3.40. The maximum atomic E-state index is 6.16. The van der Waals surface area contributed by atoms with Crippen LogP contribution in [0.15, 0.2) is 5.51 Å². The van der Waals surface area contributed by atoms with Crippen LogP contribution in [0.3, 0.4) is 0 Å². The Bertz CT molecular complexity index is 451. The number of rotatable bonds is 4. The van der Waals surface area contributed by atoms with Gasteiger partial charge in [-0.05, 0) is 31.6 Å². The van der Waals surface area contributed by atoms with Crippen molar-refractivity contribution in [2.45, 2.75) is 43.8 Å². The number of anilines is 1. The molecule has 3 aliphatic rings. The first kappa shape index (κ1) is 13.0. The van der Waals surface area contributed by atoms with Gasteiger partial charge in [-0.1, -0.05) is 11.3 Å². The molecule has 3 heterocycles. The van der Waals surface area contributed by atoms with E-state index < -0.39 is 0 Å². The summed E-state index contributed by atoms with van der Waals surface area (Å²) in [4.78, 5) is 2.32. The summed E-state index contributed by atoms with van der Waals surface area (Å²) in [6.45, 7) is 3.69. The number of piperidine rings is 1. The lowest BCUT2D eigenvalue weighted by atomic mass is 9.89. The lowest BCUT2D eigenvalue weighted by Gasteiger charge is -2.39. The van der Waals surface area contributed by atoms with Crippen molar-refractivity contribution in [3.8, 4) is 0 Å². The van der Waals surface area contributed by atoms with Crippen molar-refractivity contribution in [1.29, 1.82) is 0 Å². The van der Waals surface area contributed by atoms with Gasteiger partial charge >= 0.3 is 0 Å². The number of hydrogen-bond acceptors (Lipinski definition) is 6. The molecular formula is C14H21N3O2S. The van der Waals surface area contributed by atoms with E-state index in [1.54, 1.807) is 16.8 Å². The molecule has 0 N–H and O–H groups in total. The second-order valence-electron chi connectivity index (χ2n) is 6.34. The number of hydrogen-bond donors (Lipinski definition) is 0. The molecule has 0 unspecified atom stereocenters. The SMILES string of the molecule is c1nnc(N2CCC[C@@]3(C[C@H](OCC4CC4)CO3)C2)s1. The topological polar surface area (TPSA) is 47.5 Å². The molecule has 110 valence electrons. The summed E-state index contributed by atoms with van der Waals surface area (Å²) in [5.41, 5.74) is 1.78. The highest BCUT2D eigenvalue weighted by Crippen LogP contribution is 2.38. The standard InChI is InChI=1S/C14H21N3O2S/c1-4-14(9-17(5-1)13-16-15-10-20-13)6-12(8-19-14)18-7-11-2-3-11/h10-12H,1-9H2/t12-,14+/m0/s1. The van der Waals surface area contributed by atoms with Gasteiger partial charge in [0.25, 0.3) is 0 Å². The van der Waals surface area contributed by atoms with E-state index in [4.69, 9.17) is 9.47 Å². The Labute approximate surface area is 123 Å². The fourth-order valence-electron chi connectivity index (χ4n) is 3.32. The quantitative estimate of drug-likeness (QED) is 0.851. The molecule has 3 fully saturated rings. The zero-order valence-corrected chi connectivity index (χ0v) is 12.5. The Morgan fingerprint density at radius 3 is 3.25 bits per heavy atom. The molecule has 1 aliphatic carbocycles. The van der Waals surface area contributed by atoms with Crippen molar-refractivity contribution in [2.24, 2.45) is 5.92 Å². The third kappa shape index (κ3) is 2.69.